The molecule has 76 valence electrons. The molecule has 0 aromatic rings. The molecule has 0 radical (unpaired) electrons. The minimum absolute atomic E-state index is 0.0332. The topological polar surface area (TPSA) is 105 Å². The summed E-state index contributed by atoms with van der Waals surface area (Å²) in [5.74, 6) is -2.34. The van der Waals surface area contributed by atoms with E-state index in [1.807, 2.05) is 5.48 Å². The number of hydrogen-bond donors (Lipinski definition) is 3. The second kappa shape index (κ2) is 4.38. The fraction of sp³-hybridized carbons (Fsp3) is 0.286. The highest BCUT2D eigenvalue weighted by Crippen LogP contribution is 1.93. The Morgan fingerprint density at radius 3 is 2.79 bits per heavy atom. The average molecular weight is 200 g/mol. The summed E-state index contributed by atoms with van der Waals surface area (Å²) in [6, 6.07) is -0.763. The van der Waals surface area contributed by atoms with Gasteiger partial charge in [-0.15, -0.1) is 0 Å². The molecular formula is C7H8N2O5. The second-order valence-electron chi connectivity index (χ2n) is 2.51. The molecule has 2 amide bonds. The Labute approximate surface area is 78.7 Å². The second-order valence-corrected chi connectivity index (χ2v) is 2.51. The number of nitrogens with one attached hydrogen (secondary N) is 2. The Kier molecular flexibility index (Phi) is 3.19. The van der Waals surface area contributed by atoms with Gasteiger partial charge in [0.1, 0.15) is 12.6 Å². The van der Waals surface area contributed by atoms with Gasteiger partial charge in [0.05, 0.1) is 0 Å². The number of aliphatic carboxylic acids is 1. The molecule has 1 rings (SSSR count). The van der Waals surface area contributed by atoms with Gasteiger partial charge in [0.25, 0.3) is 5.91 Å². The molecule has 0 aliphatic carbocycles. The van der Waals surface area contributed by atoms with Crippen LogP contribution in [-0.2, 0) is 19.2 Å². The SMILES string of the molecule is O=C(O)/C=C/C(=O)N[C@@H]1CONC1=O. The summed E-state index contributed by atoms with van der Waals surface area (Å²) >= 11 is 0. The van der Waals surface area contributed by atoms with Crippen molar-refractivity contribution in [1.82, 2.24) is 10.8 Å². The summed E-state index contributed by atoms with van der Waals surface area (Å²) in [4.78, 5) is 36.4. The van der Waals surface area contributed by atoms with Crippen LogP contribution in [-0.4, -0.2) is 35.5 Å². The van der Waals surface area contributed by atoms with Crippen LogP contribution in [0, 0.1) is 0 Å². The third-order valence-electron chi connectivity index (χ3n) is 1.43. The molecule has 0 aromatic heterocycles. The van der Waals surface area contributed by atoms with Crippen molar-refractivity contribution in [2.75, 3.05) is 6.61 Å². The number of amides is 2. The van der Waals surface area contributed by atoms with Gasteiger partial charge in [0.2, 0.25) is 5.91 Å². The maximum Gasteiger partial charge on any atom is 0.328 e. The van der Waals surface area contributed by atoms with Crippen LogP contribution in [0.25, 0.3) is 0 Å². The van der Waals surface area contributed by atoms with Gasteiger partial charge in [-0.25, -0.2) is 10.3 Å². The van der Waals surface area contributed by atoms with Crippen molar-refractivity contribution in [2.45, 2.75) is 6.04 Å². The lowest BCUT2D eigenvalue weighted by Crippen LogP contribution is -2.40. The highest BCUT2D eigenvalue weighted by molar-refractivity contribution is 5.96. The maximum absolute atomic E-state index is 11.0. The largest absolute Gasteiger partial charge is 0.478 e. The normalized spacial score (nSPS) is 20.9. The van der Waals surface area contributed by atoms with E-state index in [0.29, 0.717) is 6.08 Å². The number of rotatable bonds is 3. The van der Waals surface area contributed by atoms with Crippen LogP contribution >= 0.6 is 0 Å². The zero-order chi connectivity index (χ0) is 10.6. The minimum Gasteiger partial charge on any atom is -0.478 e. The van der Waals surface area contributed by atoms with Crippen LogP contribution in [0.2, 0.25) is 0 Å². The molecule has 1 fully saturated rings. The molecule has 1 heterocycles. The van der Waals surface area contributed by atoms with E-state index < -0.39 is 23.8 Å². The van der Waals surface area contributed by atoms with E-state index in [4.69, 9.17) is 5.11 Å². The predicted octanol–water partition coefficient (Wildman–Crippen LogP) is -1.83. The van der Waals surface area contributed by atoms with E-state index in [1.165, 1.54) is 0 Å². The van der Waals surface area contributed by atoms with E-state index >= 15 is 0 Å². The van der Waals surface area contributed by atoms with E-state index in [2.05, 4.69) is 10.2 Å². The van der Waals surface area contributed by atoms with E-state index in [0.717, 1.165) is 6.08 Å². The molecule has 0 saturated carbocycles. The molecular weight excluding hydrogens is 192 g/mol. The monoisotopic (exact) mass is 200 g/mol. The van der Waals surface area contributed by atoms with E-state index in [1.54, 1.807) is 0 Å². The number of carboxylic acid groups (broad SMARTS) is 1. The minimum atomic E-state index is -1.23. The van der Waals surface area contributed by atoms with Gasteiger partial charge in [0, 0.05) is 12.2 Å². The summed E-state index contributed by atoms with van der Waals surface area (Å²) in [6.07, 6.45) is 1.51. The zero-order valence-corrected chi connectivity index (χ0v) is 7.02. The fourth-order valence-electron chi connectivity index (χ4n) is 0.817. The first-order valence-electron chi connectivity index (χ1n) is 3.73. The third kappa shape index (κ3) is 2.87. The highest BCUT2D eigenvalue weighted by atomic mass is 16.7. The average Bonchev–Trinajstić information content (AvgIpc) is 2.49. The first kappa shape index (κ1) is 10.2. The predicted molar refractivity (Wildman–Crippen MR) is 42.8 cm³/mol. The summed E-state index contributed by atoms with van der Waals surface area (Å²) in [5.41, 5.74) is 2.05. The summed E-state index contributed by atoms with van der Waals surface area (Å²) in [7, 11) is 0. The molecule has 1 atom stereocenters. The number of carbonyl (C=O) groups excluding carboxylic acids is 2. The number of carbonyl (C=O) groups is 3. The molecule has 0 spiro atoms. The molecule has 0 unspecified atom stereocenters. The Morgan fingerprint density at radius 2 is 2.29 bits per heavy atom. The van der Waals surface area contributed by atoms with Gasteiger partial charge in [0.15, 0.2) is 0 Å². The third-order valence-corrected chi connectivity index (χ3v) is 1.43. The highest BCUT2D eigenvalue weighted by Gasteiger charge is 2.26. The zero-order valence-electron chi connectivity index (χ0n) is 7.02. The molecule has 1 aliphatic rings. The van der Waals surface area contributed by atoms with Crippen LogP contribution in [0.1, 0.15) is 0 Å². The van der Waals surface area contributed by atoms with Crippen LogP contribution in [0.15, 0.2) is 12.2 Å². The number of hydroxylamine groups is 1. The quantitative estimate of drug-likeness (QED) is 0.465. The van der Waals surface area contributed by atoms with Crippen molar-refractivity contribution in [3.05, 3.63) is 12.2 Å². The lowest BCUT2D eigenvalue weighted by Gasteiger charge is -2.04. The molecule has 1 aliphatic heterocycles. The summed E-state index contributed by atoms with van der Waals surface area (Å²) < 4.78 is 0. The van der Waals surface area contributed by atoms with E-state index in [-0.39, 0.29) is 6.61 Å². The van der Waals surface area contributed by atoms with Gasteiger partial charge < -0.3 is 10.4 Å². The Bertz CT molecular complexity index is 298. The van der Waals surface area contributed by atoms with Gasteiger partial charge in [-0.1, -0.05) is 0 Å². The standard InChI is InChI=1S/C7H8N2O5/c10-5(1-2-6(11)12)8-4-3-14-9-7(4)13/h1-2,4H,3H2,(H,8,10)(H,9,13)(H,11,12)/b2-1+/t4-/m1/s1. The van der Waals surface area contributed by atoms with Crippen molar-refractivity contribution in [1.29, 1.82) is 0 Å². The van der Waals surface area contributed by atoms with Crippen LogP contribution in [0.5, 0.6) is 0 Å². The molecule has 1 saturated heterocycles. The van der Waals surface area contributed by atoms with Crippen molar-refractivity contribution < 1.29 is 24.3 Å². The van der Waals surface area contributed by atoms with Gasteiger partial charge in [-0.3, -0.25) is 14.4 Å². The molecule has 7 heteroatoms. The molecule has 0 bridgehead atoms. The molecule has 3 N–H and O–H groups in total. The number of carboxylic acids is 1. The molecule has 0 aromatic carbocycles. The lowest BCUT2D eigenvalue weighted by atomic mass is 10.3. The van der Waals surface area contributed by atoms with Crippen molar-refractivity contribution in [3.8, 4) is 0 Å². The first-order valence-corrected chi connectivity index (χ1v) is 3.73. The summed E-state index contributed by atoms with van der Waals surface area (Å²) in [5, 5.41) is 10.5. The van der Waals surface area contributed by atoms with Crippen molar-refractivity contribution >= 4 is 17.8 Å². The van der Waals surface area contributed by atoms with Gasteiger partial charge in [-0.05, 0) is 0 Å². The fourth-order valence-corrected chi connectivity index (χ4v) is 0.817. The molecule has 7 nitrogen and oxygen atoms in total. The van der Waals surface area contributed by atoms with Crippen molar-refractivity contribution in [3.63, 3.8) is 0 Å². The van der Waals surface area contributed by atoms with Crippen molar-refractivity contribution in [2.24, 2.45) is 0 Å². The summed E-state index contributed by atoms with van der Waals surface area (Å²) in [6.45, 7) is 0.0332. The van der Waals surface area contributed by atoms with Crippen LogP contribution in [0.3, 0.4) is 0 Å². The maximum atomic E-state index is 11.0. The van der Waals surface area contributed by atoms with Gasteiger partial charge in [-0.2, -0.15) is 0 Å². The van der Waals surface area contributed by atoms with Gasteiger partial charge >= 0.3 is 5.97 Å². The number of hydrogen-bond acceptors (Lipinski definition) is 4. The van der Waals surface area contributed by atoms with Crippen LogP contribution < -0.4 is 10.8 Å². The Hall–Kier alpha value is -1.89. The Morgan fingerprint density at radius 1 is 1.57 bits per heavy atom. The lowest BCUT2D eigenvalue weighted by molar-refractivity contribution is -0.131. The first-order chi connectivity index (χ1) is 6.59. The van der Waals surface area contributed by atoms with E-state index in [9.17, 15) is 14.4 Å². The Balaban J connectivity index is 2.40. The van der Waals surface area contributed by atoms with Crippen LogP contribution in [0.4, 0.5) is 0 Å². The molecule has 14 heavy (non-hydrogen) atoms. The smallest absolute Gasteiger partial charge is 0.328 e.